The first-order valence-electron chi connectivity index (χ1n) is 8.37. The third-order valence-corrected chi connectivity index (χ3v) is 4.92. The number of anilines is 2. The molecule has 0 amide bonds. The number of benzene rings is 2. The average molecular weight is 353 g/mol. The van der Waals surface area contributed by atoms with E-state index in [1.807, 2.05) is 30.3 Å². The SMILES string of the molecule is Cc1cccc(C)c1NC1=NC(=S)N(N(C)c2ccccc2)C1(C)C. The van der Waals surface area contributed by atoms with E-state index in [0.717, 1.165) is 17.2 Å². The summed E-state index contributed by atoms with van der Waals surface area (Å²) >= 11 is 5.58. The molecule has 0 spiro atoms. The molecule has 130 valence electrons. The van der Waals surface area contributed by atoms with Gasteiger partial charge in [-0.25, -0.2) is 10.0 Å². The quantitative estimate of drug-likeness (QED) is 0.822. The number of aliphatic imine (C=N–C) groups is 1. The topological polar surface area (TPSA) is 30.9 Å². The van der Waals surface area contributed by atoms with E-state index in [-0.39, 0.29) is 5.54 Å². The normalized spacial score (nSPS) is 16.0. The summed E-state index contributed by atoms with van der Waals surface area (Å²) in [5.41, 5.74) is 4.18. The molecule has 0 fully saturated rings. The zero-order chi connectivity index (χ0) is 18.2. The fourth-order valence-corrected chi connectivity index (χ4v) is 3.63. The molecule has 5 heteroatoms. The fraction of sp³-hybridized carbons (Fsp3) is 0.300. The Kier molecular flexibility index (Phi) is 4.52. The van der Waals surface area contributed by atoms with E-state index < -0.39 is 0 Å². The minimum absolute atomic E-state index is 0.379. The van der Waals surface area contributed by atoms with Crippen LogP contribution in [0.1, 0.15) is 25.0 Å². The number of nitrogens with one attached hydrogen (secondary N) is 1. The number of nitrogens with zero attached hydrogens (tertiary/aromatic N) is 3. The zero-order valence-electron chi connectivity index (χ0n) is 15.4. The Morgan fingerprint density at radius 1 is 1.00 bits per heavy atom. The molecule has 2 aromatic carbocycles. The Hall–Kier alpha value is -2.40. The molecule has 0 saturated heterocycles. The Morgan fingerprint density at radius 3 is 2.20 bits per heavy atom. The van der Waals surface area contributed by atoms with E-state index in [9.17, 15) is 0 Å². The maximum absolute atomic E-state index is 5.58. The lowest BCUT2D eigenvalue weighted by molar-refractivity contribution is 0.297. The van der Waals surface area contributed by atoms with E-state index in [2.05, 4.69) is 73.3 Å². The molecule has 3 rings (SSSR count). The number of amidine groups is 1. The highest BCUT2D eigenvalue weighted by atomic mass is 32.1. The van der Waals surface area contributed by atoms with Crippen molar-refractivity contribution in [3.05, 3.63) is 59.7 Å². The monoisotopic (exact) mass is 352 g/mol. The second-order valence-corrected chi connectivity index (χ2v) is 7.23. The van der Waals surface area contributed by atoms with Crippen molar-refractivity contribution in [2.75, 3.05) is 17.4 Å². The molecule has 0 aliphatic carbocycles. The Labute approximate surface area is 155 Å². The first-order chi connectivity index (χ1) is 11.8. The average Bonchev–Trinajstić information content (AvgIpc) is 2.80. The van der Waals surface area contributed by atoms with Gasteiger partial charge in [-0.05, 0) is 63.2 Å². The van der Waals surface area contributed by atoms with Crippen molar-refractivity contribution in [1.82, 2.24) is 5.01 Å². The number of hydrazine groups is 1. The summed E-state index contributed by atoms with van der Waals surface area (Å²) in [5, 5.41) is 8.20. The van der Waals surface area contributed by atoms with Gasteiger partial charge in [0.2, 0.25) is 5.11 Å². The fourth-order valence-electron chi connectivity index (χ4n) is 3.19. The maximum Gasteiger partial charge on any atom is 0.217 e. The van der Waals surface area contributed by atoms with Crippen LogP contribution in [-0.4, -0.2) is 28.5 Å². The summed E-state index contributed by atoms with van der Waals surface area (Å²) in [6.45, 7) is 8.46. The lowest BCUT2D eigenvalue weighted by Crippen LogP contribution is -2.56. The summed E-state index contributed by atoms with van der Waals surface area (Å²) in [4.78, 5) is 4.67. The van der Waals surface area contributed by atoms with Crippen molar-refractivity contribution in [2.24, 2.45) is 4.99 Å². The number of thiocarbonyl (C=S) groups is 1. The van der Waals surface area contributed by atoms with E-state index in [0.29, 0.717) is 5.11 Å². The van der Waals surface area contributed by atoms with Gasteiger partial charge >= 0.3 is 0 Å². The van der Waals surface area contributed by atoms with Crippen LogP contribution in [0.25, 0.3) is 0 Å². The lowest BCUT2D eigenvalue weighted by atomic mass is 10.0. The van der Waals surface area contributed by atoms with Crippen LogP contribution < -0.4 is 10.3 Å². The molecule has 0 unspecified atom stereocenters. The molecule has 0 bridgehead atoms. The van der Waals surface area contributed by atoms with Crippen LogP contribution in [0, 0.1) is 13.8 Å². The zero-order valence-corrected chi connectivity index (χ0v) is 16.2. The predicted octanol–water partition coefficient (Wildman–Crippen LogP) is 4.54. The molecule has 25 heavy (non-hydrogen) atoms. The van der Waals surface area contributed by atoms with Gasteiger partial charge in [0.1, 0.15) is 11.4 Å². The number of hydrogen-bond acceptors (Lipinski definition) is 3. The van der Waals surface area contributed by atoms with Gasteiger partial charge in [-0.2, -0.15) is 0 Å². The molecule has 1 aliphatic rings. The standard InChI is InChI=1S/C20H24N4S/c1-14-10-9-11-15(2)17(14)21-18-20(3,4)24(19(25)22-18)23(5)16-12-7-6-8-13-16/h6-13H,1-5H3,(H,21,22,25). The summed E-state index contributed by atoms with van der Waals surface area (Å²) in [7, 11) is 2.01. The van der Waals surface area contributed by atoms with Crippen LogP contribution in [0.4, 0.5) is 11.4 Å². The molecule has 1 aliphatic heterocycles. The lowest BCUT2D eigenvalue weighted by Gasteiger charge is -2.41. The van der Waals surface area contributed by atoms with Crippen LogP contribution in [0.5, 0.6) is 0 Å². The van der Waals surface area contributed by atoms with Gasteiger partial charge in [0.05, 0.1) is 5.69 Å². The number of hydrogen-bond donors (Lipinski definition) is 1. The number of aryl methyl sites for hydroxylation is 2. The highest BCUT2D eigenvalue weighted by Gasteiger charge is 2.43. The largest absolute Gasteiger partial charge is 0.341 e. The molecule has 0 radical (unpaired) electrons. The van der Waals surface area contributed by atoms with Gasteiger partial charge in [0.25, 0.3) is 0 Å². The minimum atomic E-state index is -0.379. The molecular formula is C20H24N4S. The number of para-hydroxylation sites is 2. The van der Waals surface area contributed by atoms with Crippen molar-refractivity contribution in [2.45, 2.75) is 33.2 Å². The maximum atomic E-state index is 5.58. The van der Waals surface area contributed by atoms with Crippen molar-refractivity contribution >= 4 is 34.5 Å². The van der Waals surface area contributed by atoms with Crippen molar-refractivity contribution in [1.29, 1.82) is 0 Å². The van der Waals surface area contributed by atoms with Crippen LogP contribution in [0.3, 0.4) is 0 Å². The Balaban J connectivity index is 1.91. The highest BCUT2D eigenvalue weighted by Crippen LogP contribution is 2.31. The van der Waals surface area contributed by atoms with Gasteiger partial charge in [0, 0.05) is 12.7 Å². The van der Waals surface area contributed by atoms with Crippen LogP contribution in [0.15, 0.2) is 53.5 Å². The first-order valence-corrected chi connectivity index (χ1v) is 8.78. The van der Waals surface area contributed by atoms with E-state index >= 15 is 0 Å². The van der Waals surface area contributed by atoms with Gasteiger partial charge < -0.3 is 5.32 Å². The first kappa shape index (κ1) is 17.4. The van der Waals surface area contributed by atoms with E-state index in [1.54, 1.807) is 0 Å². The van der Waals surface area contributed by atoms with E-state index in [1.165, 1.54) is 11.1 Å². The van der Waals surface area contributed by atoms with Gasteiger partial charge in [-0.3, -0.25) is 5.01 Å². The van der Waals surface area contributed by atoms with Crippen molar-refractivity contribution in [3.8, 4) is 0 Å². The molecular weight excluding hydrogens is 328 g/mol. The van der Waals surface area contributed by atoms with Crippen LogP contribution in [-0.2, 0) is 0 Å². The molecule has 1 heterocycles. The summed E-state index contributed by atoms with van der Waals surface area (Å²) < 4.78 is 0. The third-order valence-electron chi connectivity index (χ3n) is 4.65. The molecule has 1 N–H and O–H groups in total. The van der Waals surface area contributed by atoms with Crippen LogP contribution >= 0.6 is 12.2 Å². The van der Waals surface area contributed by atoms with Gasteiger partial charge in [-0.15, -0.1) is 0 Å². The minimum Gasteiger partial charge on any atom is -0.341 e. The molecule has 0 aromatic heterocycles. The van der Waals surface area contributed by atoms with E-state index in [4.69, 9.17) is 12.2 Å². The van der Waals surface area contributed by atoms with Gasteiger partial charge in [0.15, 0.2) is 0 Å². The predicted molar refractivity (Wildman–Crippen MR) is 110 cm³/mol. The Bertz CT molecular complexity index is 807. The molecule has 2 aromatic rings. The Morgan fingerprint density at radius 2 is 1.60 bits per heavy atom. The molecule has 0 atom stereocenters. The number of rotatable bonds is 3. The third kappa shape index (κ3) is 3.12. The van der Waals surface area contributed by atoms with Crippen LogP contribution in [0.2, 0.25) is 0 Å². The van der Waals surface area contributed by atoms with Crippen molar-refractivity contribution in [3.63, 3.8) is 0 Å². The summed E-state index contributed by atoms with van der Waals surface area (Å²) in [5.74, 6) is 0.859. The second kappa shape index (κ2) is 6.48. The van der Waals surface area contributed by atoms with Crippen molar-refractivity contribution < 1.29 is 0 Å². The highest BCUT2D eigenvalue weighted by molar-refractivity contribution is 7.80. The summed E-state index contributed by atoms with van der Waals surface area (Å²) in [6.07, 6.45) is 0. The second-order valence-electron chi connectivity index (χ2n) is 6.86. The molecule has 4 nitrogen and oxygen atoms in total. The summed E-state index contributed by atoms with van der Waals surface area (Å²) in [6, 6.07) is 16.5. The smallest absolute Gasteiger partial charge is 0.217 e. The molecule has 0 saturated carbocycles. The van der Waals surface area contributed by atoms with Gasteiger partial charge in [-0.1, -0.05) is 36.4 Å².